The average Bonchev–Trinajstić information content (AvgIpc) is 2.43. The van der Waals surface area contributed by atoms with E-state index in [0.29, 0.717) is 17.7 Å². The Morgan fingerprint density at radius 3 is 2.52 bits per heavy atom. The zero-order valence-corrected chi connectivity index (χ0v) is 15.1. The molecular weight excluding hydrogens is 398 g/mol. The van der Waals surface area contributed by atoms with Crippen LogP contribution in [-0.4, -0.2) is 16.5 Å². The molecule has 1 aromatic heterocycles. The number of halogens is 2. The summed E-state index contributed by atoms with van der Waals surface area (Å²) >= 11 is 6.85. The fourth-order valence-electron chi connectivity index (χ4n) is 1.65. The van der Waals surface area contributed by atoms with Crippen LogP contribution in [-0.2, 0) is 6.54 Å². The quantitative estimate of drug-likeness (QED) is 0.753. The van der Waals surface area contributed by atoms with Gasteiger partial charge in [0.15, 0.2) is 0 Å². The van der Waals surface area contributed by atoms with Crippen molar-refractivity contribution in [3.63, 3.8) is 0 Å². The third-order valence-corrected chi connectivity index (χ3v) is 3.77. The largest absolute Gasteiger partial charge is 0.423 e. The van der Waals surface area contributed by atoms with E-state index in [4.69, 9.17) is 4.74 Å². The van der Waals surface area contributed by atoms with Crippen LogP contribution in [0.15, 0.2) is 39.5 Å². The highest BCUT2D eigenvalue weighted by molar-refractivity contribution is 9.11. The molecule has 0 radical (unpaired) electrons. The summed E-state index contributed by atoms with van der Waals surface area (Å²) in [4.78, 5) is 8.46. The van der Waals surface area contributed by atoms with Crippen LogP contribution in [0.2, 0.25) is 0 Å². The Morgan fingerprint density at radius 1 is 1.19 bits per heavy atom. The number of rotatable bonds is 6. The smallest absolute Gasteiger partial charge is 0.321 e. The molecule has 21 heavy (non-hydrogen) atoms. The molecule has 1 heterocycles. The van der Waals surface area contributed by atoms with Gasteiger partial charge in [-0.05, 0) is 46.6 Å². The Labute approximate surface area is 141 Å². The van der Waals surface area contributed by atoms with Gasteiger partial charge in [-0.1, -0.05) is 29.8 Å². The second-order valence-corrected chi connectivity index (χ2v) is 6.85. The molecule has 2 aromatic rings. The lowest BCUT2D eigenvalue weighted by Crippen LogP contribution is -2.19. The lowest BCUT2D eigenvalue weighted by molar-refractivity contribution is 0.437. The second kappa shape index (κ2) is 7.87. The lowest BCUT2D eigenvalue weighted by atomic mass is 10.2. The molecule has 112 valence electrons. The monoisotopic (exact) mass is 413 g/mol. The van der Waals surface area contributed by atoms with Gasteiger partial charge >= 0.3 is 6.01 Å². The first kappa shape index (κ1) is 16.4. The van der Waals surface area contributed by atoms with Crippen LogP contribution in [0.4, 0.5) is 0 Å². The van der Waals surface area contributed by atoms with Crippen molar-refractivity contribution in [1.82, 2.24) is 15.3 Å². The summed E-state index contributed by atoms with van der Waals surface area (Å²) < 4.78 is 7.48. The zero-order chi connectivity index (χ0) is 15.2. The minimum atomic E-state index is 0.339. The molecule has 1 aromatic carbocycles. The molecule has 0 amide bonds. The van der Waals surface area contributed by atoms with E-state index in [1.165, 1.54) is 0 Å². The van der Waals surface area contributed by atoms with Gasteiger partial charge in [-0.2, -0.15) is 0 Å². The minimum absolute atomic E-state index is 0.339. The van der Waals surface area contributed by atoms with Crippen LogP contribution in [0, 0.1) is 5.92 Å². The van der Waals surface area contributed by atoms with Crippen molar-refractivity contribution >= 4 is 31.9 Å². The number of aromatic nitrogens is 2. The van der Waals surface area contributed by atoms with E-state index in [2.05, 4.69) is 61.0 Å². The molecule has 0 fully saturated rings. The highest BCUT2D eigenvalue weighted by Crippen LogP contribution is 2.30. The summed E-state index contributed by atoms with van der Waals surface area (Å²) in [6, 6.07) is 6.02. The van der Waals surface area contributed by atoms with E-state index in [1.54, 1.807) is 12.4 Å². The summed E-state index contributed by atoms with van der Waals surface area (Å²) in [7, 11) is 0. The molecule has 4 nitrogen and oxygen atoms in total. The van der Waals surface area contributed by atoms with Crippen LogP contribution >= 0.6 is 31.9 Å². The summed E-state index contributed by atoms with van der Waals surface area (Å²) in [5.74, 6) is 1.31. The summed E-state index contributed by atoms with van der Waals surface area (Å²) in [6.45, 7) is 6.09. The van der Waals surface area contributed by atoms with Crippen LogP contribution in [0.3, 0.4) is 0 Å². The standard InChI is InChI=1S/C15H17Br2N3O/c1-10(2)6-18-7-11-8-19-15(20-9-11)21-14-4-3-12(16)5-13(14)17/h3-5,8-10,18H,6-7H2,1-2H3. The highest BCUT2D eigenvalue weighted by Gasteiger charge is 2.05. The topological polar surface area (TPSA) is 47.0 Å². The van der Waals surface area contributed by atoms with E-state index in [-0.39, 0.29) is 0 Å². The zero-order valence-electron chi connectivity index (χ0n) is 11.9. The fraction of sp³-hybridized carbons (Fsp3) is 0.333. The number of hydrogen-bond acceptors (Lipinski definition) is 4. The maximum absolute atomic E-state index is 5.65. The Bertz CT molecular complexity index is 588. The van der Waals surface area contributed by atoms with Crippen LogP contribution < -0.4 is 10.1 Å². The molecule has 1 N–H and O–H groups in total. The third-order valence-electron chi connectivity index (χ3n) is 2.66. The van der Waals surface area contributed by atoms with E-state index < -0.39 is 0 Å². The molecule has 0 saturated carbocycles. The van der Waals surface area contributed by atoms with Crippen molar-refractivity contribution in [3.05, 3.63) is 45.1 Å². The number of ether oxygens (including phenoxy) is 1. The Kier molecular flexibility index (Phi) is 6.14. The van der Waals surface area contributed by atoms with Crippen molar-refractivity contribution < 1.29 is 4.74 Å². The van der Waals surface area contributed by atoms with Crippen LogP contribution in [0.25, 0.3) is 0 Å². The molecule has 6 heteroatoms. The van der Waals surface area contributed by atoms with Gasteiger partial charge in [0.25, 0.3) is 0 Å². The normalized spacial score (nSPS) is 10.9. The summed E-state index contributed by atoms with van der Waals surface area (Å²) in [5, 5.41) is 3.35. The number of nitrogens with zero attached hydrogens (tertiary/aromatic N) is 2. The summed E-state index contributed by atoms with van der Waals surface area (Å²) in [6.07, 6.45) is 3.56. The number of hydrogen-bond donors (Lipinski definition) is 1. The van der Waals surface area contributed by atoms with Crippen molar-refractivity contribution in [3.8, 4) is 11.8 Å². The van der Waals surface area contributed by atoms with Gasteiger partial charge in [0.05, 0.1) is 4.47 Å². The molecule has 0 spiro atoms. The van der Waals surface area contributed by atoms with Gasteiger partial charge in [-0.3, -0.25) is 0 Å². The first-order valence-electron chi connectivity index (χ1n) is 6.69. The predicted octanol–water partition coefficient (Wildman–Crippen LogP) is 4.54. The average molecular weight is 415 g/mol. The first-order chi connectivity index (χ1) is 10.0. The first-order valence-corrected chi connectivity index (χ1v) is 8.27. The van der Waals surface area contributed by atoms with Gasteiger partial charge in [-0.15, -0.1) is 0 Å². The maximum atomic E-state index is 5.65. The molecule has 0 atom stereocenters. The van der Waals surface area contributed by atoms with E-state index >= 15 is 0 Å². The molecule has 0 aliphatic rings. The number of nitrogens with one attached hydrogen (secondary N) is 1. The Hall–Kier alpha value is -0.980. The predicted molar refractivity (Wildman–Crippen MR) is 90.5 cm³/mol. The van der Waals surface area contributed by atoms with Crippen LogP contribution in [0.1, 0.15) is 19.4 Å². The maximum Gasteiger partial charge on any atom is 0.321 e. The Morgan fingerprint density at radius 2 is 1.90 bits per heavy atom. The van der Waals surface area contributed by atoms with Gasteiger partial charge in [0.2, 0.25) is 0 Å². The van der Waals surface area contributed by atoms with Gasteiger partial charge in [0, 0.05) is 29.0 Å². The van der Waals surface area contributed by atoms with Crippen molar-refractivity contribution in [2.24, 2.45) is 5.92 Å². The molecule has 0 aliphatic heterocycles. The molecule has 0 saturated heterocycles. The SMILES string of the molecule is CC(C)CNCc1cnc(Oc2ccc(Br)cc2Br)nc1. The number of benzene rings is 1. The molecule has 0 aliphatic carbocycles. The lowest BCUT2D eigenvalue weighted by Gasteiger charge is -2.08. The molecular formula is C15H17Br2N3O. The van der Waals surface area contributed by atoms with Crippen molar-refractivity contribution in [1.29, 1.82) is 0 Å². The van der Waals surface area contributed by atoms with E-state index in [9.17, 15) is 0 Å². The molecule has 2 rings (SSSR count). The van der Waals surface area contributed by atoms with E-state index in [0.717, 1.165) is 27.6 Å². The van der Waals surface area contributed by atoms with Gasteiger partial charge in [-0.25, -0.2) is 9.97 Å². The Balaban J connectivity index is 1.95. The van der Waals surface area contributed by atoms with E-state index in [1.807, 2.05) is 18.2 Å². The molecule has 0 unspecified atom stereocenters. The minimum Gasteiger partial charge on any atom is -0.423 e. The highest BCUT2D eigenvalue weighted by atomic mass is 79.9. The summed E-state index contributed by atoms with van der Waals surface area (Å²) in [5.41, 5.74) is 1.04. The molecule has 0 bridgehead atoms. The van der Waals surface area contributed by atoms with Crippen molar-refractivity contribution in [2.75, 3.05) is 6.54 Å². The fourth-order valence-corrected chi connectivity index (χ4v) is 2.78. The van der Waals surface area contributed by atoms with Gasteiger partial charge < -0.3 is 10.1 Å². The van der Waals surface area contributed by atoms with Gasteiger partial charge in [0.1, 0.15) is 5.75 Å². The van der Waals surface area contributed by atoms with Crippen molar-refractivity contribution in [2.45, 2.75) is 20.4 Å². The van der Waals surface area contributed by atoms with Crippen LogP contribution in [0.5, 0.6) is 11.8 Å². The second-order valence-electron chi connectivity index (χ2n) is 5.08. The third kappa shape index (κ3) is 5.37.